The van der Waals surface area contributed by atoms with Gasteiger partial charge in [-0.1, -0.05) is 17.7 Å². The lowest BCUT2D eigenvalue weighted by molar-refractivity contribution is -0.121. The van der Waals surface area contributed by atoms with E-state index in [9.17, 15) is 4.79 Å². The van der Waals surface area contributed by atoms with E-state index in [1.807, 2.05) is 39.0 Å². The fourth-order valence-corrected chi connectivity index (χ4v) is 2.99. The van der Waals surface area contributed by atoms with Crippen molar-refractivity contribution in [2.24, 2.45) is 4.99 Å². The second-order valence-corrected chi connectivity index (χ2v) is 7.59. The lowest BCUT2D eigenvalue weighted by Gasteiger charge is -2.37. The molecule has 1 aliphatic rings. The van der Waals surface area contributed by atoms with E-state index in [-0.39, 0.29) is 18.0 Å². The third kappa shape index (κ3) is 6.12. The Morgan fingerprint density at radius 3 is 2.48 bits per heavy atom. The first-order valence-electron chi connectivity index (χ1n) is 8.55. The van der Waals surface area contributed by atoms with Crippen molar-refractivity contribution >= 4 is 29.2 Å². The van der Waals surface area contributed by atoms with Crippen LogP contribution in [-0.4, -0.2) is 62.1 Å². The van der Waals surface area contributed by atoms with Crippen LogP contribution in [0.2, 0.25) is 5.02 Å². The normalized spacial score (nSPS) is 16.0. The van der Waals surface area contributed by atoms with E-state index in [0.29, 0.717) is 0 Å². The summed E-state index contributed by atoms with van der Waals surface area (Å²) in [4.78, 5) is 20.7. The summed E-state index contributed by atoms with van der Waals surface area (Å²) < 4.78 is 0. The maximum Gasteiger partial charge on any atom is 0.239 e. The van der Waals surface area contributed by atoms with Gasteiger partial charge in [0.15, 0.2) is 5.96 Å². The molecule has 1 saturated heterocycles. The summed E-state index contributed by atoms with van der Waals surface area (Å²) >= 11 is 6.08. The van der Waals surface area contributed by atoms with E-state index in [4.69, 9.17) is 11.6 Å². The molecule has 1 amide bonds. The van der Waals surface area contributed by atoms with Crippen LogP contribution in [0, 0.1) is 0 Å². The maximum atomic E-state index is 12.0. The van der Waals surface area contributed by atoms with Crippen LogP contribution in [0.3, 0.4) is 0 Å². The van der Waals surface area contributed by atoms with Crippen molar-refractivity contribution < 1.29 is 4.79 Å². The SMILES string of the molecule is CN=C(NCC(=O)NC(C)(C)C)N1CCN(c2cccc(Cl)c2)CC1. The van der Waals surface area contributed by atoms with E-state index < -0.39 is 0 Å². The fraction of sp³-hybridized carbons (Fsp3) is 0.556. The number of anilines is 1. The van der Waals surface area contributed by atoms with Crippen LogP contribution in [0.4, 0.5) is 5.69 Å². The molecule has 1 aromatic rings. The van der Waals surface area contributed by atoms with Gasteiger partial charge in [-0.25, -0.2) is 0 Å². The van der Waals surface area contributed by atoms with E-state index in [1.54, 1.807) is 7.05 Å². The Bertz CT molecular complexity index is 618. The molecule has 25 heavy (non-hydrogen) atoms. The van der Waals surface area contributed by atoms with Gasteiger partial charge in [0.2, 0.25) is 5.91 Å². The molecule has 1 aliphatic heterocycles. The third-order valence-corrected chi connectivity index (χ3v) is 4.12. The van der Waals surface area contributed by atoms with Gasteiger partial charge in [0.25, 0.3) is 0 Å². The van der Waals surface area contributed by atoms with Crippen molar-refractivity contribution in [2.45, 2.75) is 26.3 Å². The molecule has 7 heteroatoms. The smallest absolute Gasteiger partial charge is 0.239 e. The van der Waals surface area contributed by atoms with Gasteiger partial charge in [0.1, 0.15) is 0 Å². The van der Waals surface area contributed by atoms with Crippen molar-refractivity contribution in [1.29, 1.82) is 0 Å². The summed E-state index contributed by atoms with van der Waals surface area (Å²) in [5.74, 6) is 0.723. The number of carbonyl (C=O) groups is 1. The van der Waals surface area contributed by atoms with Crippen molar-refractivity contribution in [1.82, 2.24) is 15.5 Å². The van der Waals surface area contributed by atoms with Crippen LogP contribution in [0.1, 0.15) is 20.8 Å². The zero-order valence-electron chi connectivity index (χ0n) is 15.5. The monoisotopic (exact) mass is 365 g/mol. The van der Waals surface area contributed by atoms with Gasteiger partial charge in [-0.15, -0.1) is 0 Å². The molecule has 0 saturated carbocycles. The number of amides is 1. The highest BCUT2D eigenvalue weighted by atomic mass is 35.5. The van der Waals surface area contributed by atoms with Crippen LogP contribution in [0.5, 0.6) is 0 Å². The highest BCUT2D eigenvalue weighted by Gasteiger charge is 2.21. The predicted molar refractivity (Wildman–Crippen MR) is 104 cm³/mol. The fourth-order valence-electron chi connectivity index (χ4n) is 2.80. The maximum absolute atomic E-state index is 12.0. The topological polar surface area (TPSA) is 60.0 Å². The van der Waals surface area contributed by atoms with Gasteiger partial charge in [0.05, 0.1) is 6.54 Å². The average Bonchev–Trinajstić information content (AvgIpc) is 2.54. The first-order valence-corrected chi connectivity index (χ1v) is 8.93. The number of hydrogen-bond acceptors (Lipinski definition) is 3. The number of hydrogen-bond donors (Lipinski definition) is 2. The van der Waals surface area contributed by atoms with Crippen LogP contribution >= 0.6 is 11.6 Å². The van der Waals surface area contributed by atoms with Crippen molar-refractivity contribution in [3.05, 3.63) is 29.3 Å². The van der Waals surface area contributed by atoms with Crippen LogP contribution in [0.25, 0.3) is 0 Å². The molecule has 1 fully saturated rings. The number of benzene rings is 1. The lowest BCUT2D eigenvalue weighted by Crippen LogP contribution is -2.54. The van der Waals surface area contributed by atoms with Gasteiger partial charge < -0.3 is 20.4 Å². The van der Waals surface area contributed by atoms with Gasteiger partial charge >= 0.3 is 0 Å². The van der Waals surface area contributed by atoms with E-state index >= 15 is 0 Å². The number of piperazine rings is 1. The predicted octanol–water partition coefficient (Wildman–Crippen LogP) is 1.95. The molecule has 0 aliphatic carbocycles. The molecule has 0 spiro atoms. The quantitative estimate of drug-likeness (QED) is 0.635. The summed E-state index contributed by atoms with van der Waals surface area (Å²) in [5, 5.41) is 6.84. The van der Waals surface area contributed by atoms with Gasteiger partial charge in [-0.3, -0.25) is 9.79 Å². The Morgan fingerprint density at radius 1 is 1.24 bits per heavy atom. The second-order valence-electron chi connectivity index (χ2n) is 7.15. The number of aliphatic imine (C=N–C) groups is 1. The third-order valence-electron chi connectivity index (χ3n) is 3.89. The largest absolute Gasteiger partial charge is 0.368 e. The molecule has 6 nitrogen and oxygen atoms in total. The number of rotatable bonds is 3. The first-order chi connectivity index (χ1) is 11.8. The first kappa shape index (κ1) is 19.4. The molecule has 2 rings (SSSR count). The number of guanidine groups is 1. The molecule has 0 bridgehead atoms. The summed E-state index contributed by atoms with van der Waals surface area (Å²) in [6, 6.07) is 7.92. The Morgan fingerprint density at radius 2 is 1.92 bits per heavy atom. The molecule has 0 aromatic heterocycles. The number of halogens is 1. The highest BCUT2D eigenvalue weighted by molar-refractivity contribution is 6.30. The molecular weight excluding hydrogens is 338 g/mol. The molecule has 1 aromatic carbocycles. The Hall–Kier alpha value is -1.95. The Balaban J connectivity index is 1.85. The van der Waals surface area contributed by atoms with E-state index in [2.05, 4.69) is 31.5 Å². The molecule has 0 atom stereocenters. The Labute approximate surface area is 155 Å². The summed E-state index contributed by atoms with van der Waals surface area (Å²) in [6.45, 7) is 9.57. The van der Waals surface area contributed by atoms with Crippen LogP contribution in [0.15, 0.2) is 29.3 Å². The molecule has 1 heterocycles. The molecule has 138 valence electrons. The minimum absolute atomic E-state index is 0.0359. The molecule has 0 unspecified atom stereocenters. The van der Waals surface area contributed by atoms with Crippen molar-refractivity contribution in [3.63, 3.8) is 0 Å². The number of nitrogens with zero attached hydrogens (tertiary/aromatic N) is 3. The molecular formula is C18H28ClN5O. The van der Waals surface area contributed by atoms with Gasteiger partial charge in [-0.2, -0.15) is 0 Å². The van der Waals surface area contributed by atoms with Crippen molar-refractivity contribution in [2.75, 3.05) is 44.7 Å². The lowest BCUT2D eigenvalue weighted by atomic mass is 10.1. The van der Waals surface area contributed by atoms with Gasteiger partial charge in [0, 0.05) is 49.5 Å². The molecule has 2 N–H and O–H groups in total. The molecule has 0 radical (unpaired) electrons. The zero-order valence-corrected chi connectivity index (χ0v) is 16.2. The van der Waals surface area contributed by atoms with Crippen LogP contribution < -0.4 is 15.5 Å². The Kier molecular flexibility index (Phi) is 6.53. The number of nitrogens with one attached hydrogen (secondary N) is 2. The van der Waals surface area contributed by atoms with Crippen LogP contribution in [-0.2, 0) is 4.79 Å². The second kappa shape index (κ2) is 8.43. The zero-order chi connectivity index (χ0) is 18.4. The average molecular weight is 366 g/mol. The van der Waals surface area contributed by atoms with Gasteiger partial charge in [-0.05, 0) is 39.0 Å². The number of carbonyl (C=O) groups excluding carboxylic acids is 1. The summed E-state index contributed by atoms with van der Waals surface area (Å²) in [6.07, 6.45) is 0. The minimum atomic E-state index is -0.231. The minimum Gasteiger partial charge on any atom is -0.368 e. The summed E-state index contributed by atoms with van der Waals surface area (Å²) in [5.41, 5.74) is 0.907. The summed E-state index contributed by atoms with van der Waals surface area (Å²) in [7, 11) is 1.74. The highest BCUT2D eigenvalue weighted by Crippen LogP contribution is 2.20. The van der Waals surface area contributed by atoms with E-state index in [1.165, 1.54) is 0 Å². The standard InChI is InChI=1S/C18H28ClN5O/c1-18(2,3)22-16(25)13-21-17(20-4)24-10-8-23(9-11-24)15-7-5-6-14(19)12-15/h5-7,12H,8-11,13H2,1-4H3,(H,20,21)(H,22,25). The van der Waals surface area contributed by atoms with E-state index in [0.717, 1.165) is 42.8 Å². The van der Waals surface area contributed by atoms with Crippen molar-refractivity contribution in [3.8, 4) is 0 Å².